The van der Waals surface area contributed by atoms with E-state index in [1.165, 1.54) is 0 Å². The largest absolute Gasteiger partial charge is 0.378 e. The van der Waals surface area contributed by atoms with Crippen molar-refractivity contribution in [3.05, 3.63) is 39.8 Å². The second-order valence-corrected chi connectivity index (χ2v) is 9.13. The Hall–Kier alpha value is -1.99. The molecule has 1 aliphatic heterocycles. The lowest BCUT2D eigenvalue weighted by atomic mass is 9.74. The van der Waals surface area contributed by atoms with E-state index < -0.39 is 0 Å². The number of aromatic nitrogens is 2. The van der Waals surface area contributed by atoms with Gasteiger partial charge in [0.05, 0.1) is 31.4 Å². The second-order valence-electron chi connectivity index (χ2n) is 8.09. The summed E-state index contributed by atoms with van der Waals surface area (Å²) < 4.78 is 5.43. The van der Waals surface area contributed by atoms with Gasteiger partial charge in [-0.2, -0.15) is 0 Å². The smallest absolute Gasteiger partial charge is 0.225 e. The Morgan fingerprint density at radius 1 is 1.41 bits per heavy atom. The number of ether oxygens (including phenoxy) is 1. The first kappa shape index (κ1) is 18.4. The third kappa shape index (κ3) is 4.30. The van der Waals surface area contributed by atoms with Crippen LogP contribution >= 0.6 is 11.3 Å². The van der Waals surface area contributed by atoms with Crippen LogP contribution in [-0.4, -0.2) is 42.2 Å². The number of rotatable bonds is 4. The van der Waals surface area contributed by atoms with Crippen LogP contribution in [0.3, 0.4) is 0 Å². The van der Waals surface area contributed by atoms with Gasteiger partial charge in [-0.3, -0.25) is 4.79 Å². The van der Waals surface area contributed by atoms with Gasteiger partial charge in [-0.1, -0.05) is 19.9 Å². The van der Waals surface area contributed by atoms with Crippen LogP contribution in [0.1, 0.15) is 42.4 Å². The molecule has 144 valence electrons. The molecule has 0 spiro atoms. The summed E-state index contributed by atoms with van der Waals surface area (Å²) in [5.41, 5.74) is 2.21. The van der Waals surface area contributed by atoms with E-state index in [2.05, 4.69) is 29.0 Å². The summed E-state index contributed by atoms with van der Waals surface area (Å²) in [5, 5.41) is 5.22. The van der Waals surface area contributed by atoms with E-state index in [-0.39, 0.29) is 17.4 Å². The SMILES string of the molecule is CC1(C)Cc2nc(N3CCOCC3)ncc2C(NC(=O)Cc2cccs2)C1. The number of anilines is 1. The molecular weight excluding hydrogens is 360 g/mol. The van der Waals surface area contributed by atoms with Crippen molar-refractivity contribution in [1.82, 2.24) is 15.3 Å². The van der Waals surface area contributed by atoms with Crippen molar-refractivity contribution in [3.8, 4) is 0 Å². The minimum Gasteiger partial charge on any atom is -0.378 e. The number of nitrogens with zero attached hydrogens (tertiary/aromatic N) is 3. The number of hydrogen-bond acceptors (Lipinski definition) is 6. The molecular formula is C20H26N4O2S. The highest BCUT2D eigenvalue weighted by molar-refractivity contribution is 7.10. The van der Waals surface area contributed by atoms with Gasteiger partial charge in [-0.05, 0) is 29.7 Å². The van der Waals surface area contributed by atoms with E-state index in [1.54, 1.807) is 11.3 Å². The normalized spacial score (nSPS) is 21.6. The van der Waals surface area contributed by atoms with Crippen LogP contribution in [0, 0.1) is 5.41 Å². The summed E-state index contributed by atoms with van der Waals surface area (Å²) >= 11 is 1.62. The number of carbonyl (C=O) groups is 1. The molecule has 1 unspecified atom stereocenters. The molecule has 1 N–H and O–H groups in total. The van der Waals surface area contributed by atoms with Gasteiger partial charge in [0.25, 0.3) is 0 Å². The molecule has 2 aromatic rings. The summed E-state index contributed by atoms with van der Waals surface area (Å²) in [7, 11) is 0. The number of hydrogen-bond donors (Lipinski definition) is 1. The molecule has 0 saturated carbocycles. The van der Waals surface area contributed by atoms with Gasteiger partial charge in [-0.15, -0.1) is 11.3 Å². The maximum atomic E-state index is 12.5. The molecule has 1 saturated heterocycles. The minimum absolute atomic E-state index is 0.0325. The molecule has 2 aromatic heterocycles. The zero-order valence-electron chi connectivity index (χ0n) is 15.9. The molecule has 1 aliphatic carbocycles. The second kappa shape index (κ2) is 7.56. The van der Waals surface area contributed by atoms with Crippen LogP contribution in [0.25, 0.3) is 0 Å². The van der Waals surface area contributed by atoms with Gasteiger partial charge in [0, 0.05) is 29.7 Å². The summed E-state index contributed by atoms with van der Waals surface area (Å²) in [6.07, 6.45) is 4.14. The Bertz CT molecular complexity index is 800. The lowest BCUT2D eigenvalue weighted by molar-refractivity contribution is -0.121. The van der Waals surface area contributed by atoms with Crippen molar-refractivity contribution < 1.29 is 9.53 Å². The van der Waals surface area contributed by atoms with Crippen LogP contribution in [0.4, 0.5) is 5.95 Å². The average Bonchev–Trinajstić information content (AvgIpc) is 3.14. The zero-order chi connectivity index (χ0) is 18.9. The molecule has 6 nitrogen and oxygen atoms in total. The Morgan fingerprint density at radius 2 is 2.22 bits per heavy atom. The van der Waals surface area contributed by atoms with E-state index in [0.717, 1.165) is 48.0 Å². The van der Waals surface area contributed by atoms with Gasteiger partial charge in [0.2, 0.25) is 11.9 Å². The van der Waals surface area contributed by atoms with Gasteiger partial charge < -0.3 is 15.0 Å². The molecule has 1 amide bonds. The summed E-state index contributed by atoms with van der Waals surface area (Å²) in [6, 6.07) is 3.95. The quantitative estimate of drug-likeness (QED) is 0.875. The highest BCUT2D eigenvalue weighted by Crippen LogP contribution is 2.40. The fourth-order valence-electron chi connectivity index (χ4n) is 3.90. The van der Waals surface area contributed by atoms with E-state index in [9.17, 15) is 4.79 Å². The molecule has 27 heavy (non-hydrogen) atoms. The van der Waals surface area contributed by atoms with E-state index in [0.29, 0.717) is 19.6 Å². The lowest BCUT2D eigenvalue weighted by Gasteiger charge is -2.37. The molecule has 1 fully saturated rings. The number of thiophene rings is 1. The predicted molar refractivity (Wildman–Crippen MR) is 106 cm³/mol. The fourth-order valence-corrected chi connectivity index (χ4v) is 4.60. The standard InChI is InChI=1S/C20H26N4O2S/c1-20(2)11-16(22-18(25)10-14-4-3-9-27-14)15-13-21-19(23-17(15)12-20)24-5-7-26-8-6-24/h3-4,9,13,16H,5-8,10-12H2,1-2H3,(H,22,25). The molecule has 0 bridgehead atoms. The number of amides is 1. The topological polar surface area (TPSA) is 67.3 Å². The van der Waals surface area contributed by atoms with Crippen molar-refractivity contribution >= 4 is 23.2 Å². The third-order valence-corrected chi connectivity index (χ3v) is 6.09. The lowest BCUT2D eigenvalue weighted by Crippen LogP contribution is -2.40. The molecule has 1 atom stereocenters. The number of nitrogens with one attached hydrogen (secondary N) is 1. The van der Waals surface area contributed by atoms with Crippen molar-refractivity contribution in [1.29, 1.82) is 0 Å². The number of carbonyl (C=O) groups excluding carboxylic acids is 1. The summed E-state index contributed by atoms with van der Waals surface area (Å²) in [5.74, 6) is 0.835. The van der Waals surface area contributed by atoms with E-state index >= 15 is 0 Å². The maximum absolute atomic E-state index is 12.5. The fraction of sp³-hybridized carbons (Fsp3) is 0.550. The van der Waals surface area contributed by atoms with Crippen LogP contribution in [0.5, 0.6) is 0 Å². The highest BCUT2D eigenvalue weighted by Gasteiger charge is 2.35. The van der Waals surface area contributed by atoms with Crippen molar-refractivity contribution in [2.75, 3.05) is 31.2 Å². The Morgan fingerprint density at radius 3 is 2.96 bits per heavy atom. The molecule has 0 radical (unpaired) electrons. The number of morpholine rings is 1. The summed E-state index contributed by atoms with van der Waals surface area (Å²) in [6.45, 7) is 7.56. The van der Waals surface area contributed by atoms with Crippen molar-refractivity contribution in [2.24, 2.45) is 5.41 Å². The van der Waals surface area contributed by atoms with Crippen molar-refractivity contribution in [3.63, 3.8) is 0 Å². The van der Waals surface area contributed by atoms with Crippen LogP contribution in [0.2, 0.25) is 0 Å². The first-order valence-corrected chi connectivity index (χ1v) is 10.4. The van der Waals surface area contributed by atoms with Crippen LogP contribution in [0.15, 0.2) is 23.7 Å². The minimum atomic E-state index is -0.0325. The molecule has 0 aromatic carbocycles. The van der Waals surface area contributed by atoms with Gasteiger partial charge in [0.15, 0.2) is 0 Å². The Labute approximate surface area is 164 Å². The predicted octanol–water partition coefficient (Wildman–Crippen LogP) is 2.75. The highest BCUT2D eigenvalue weighted by atomic mass is 32.1. The Balaban J connectivity index is 1.54. The van der Waals surface area contributed by atoms with E-state index in [1.807, 2.05) is 23.7 Å². The third-order valence-electron chi connectivity index (χ3n) is 5.21. The van der Waals surface area contributed by atoms with Crippen LogP contribution in [-0.2, 0) is 22.4 Å². The van der Waals surface area contributed by atoms with Gasteiger partial charge in [0.1, 0.15) is 0 Å². The molecule has 2 aliphatic rings. The first-order chi connectivity index (χ1) is 13.0. The van der Waals surface area contributed by atoms with E-state index in [4.69, 9.17) is 9.72 Å². The molecule has 4 rings (SSSR count). The Kier molecular flexibility index (Phi) is 5.14. The molecule has 3 heterocycles. The molecule has 7 heteroatoms. The zero-order valence-corrected chi connectivity index (χ0v) is 16.7. The van der Waals surface area contributed by atoms with Crippen molar-refractivity contribution in [2.45, 2.75) is 39.2 Å². The monoisotopic (exact) mass is 386 g/mol. The maximum Gasteiger partial charge on any atom is 0.225 e. The van der Waals surface area contributed by atoms with Gasteiger partial charge in [-0.25, -0.2) is 9.97 Å². The average molecular weight is 387 g/mol. The van der Waals surface area contributed by atoms with Crippen LogP contribution < -0.4 is 10.2 Å². The summed E-state index contributed by atoms with van der Waals surface area (Å²) in [4.78, 5) is 25.3. The first-order valence-electron chi connectivity index (χ1n) is 9.50. The van der Waals surface area contributed by atoms with Gasteiger partial charge >= 0.3 is 0 Å². The number of fused-ring (bicyclic) bond motifs is 1.